The number of hydrogen-bond donors (Lipinski definition) is 2. The van der Waals surface area contributed by atoms with Crippen LogP contribution in [0.4, 0.5) is 5.82 Å². The van der Waals surface area contributed by atoms with E-state index in [9.17, 15) is 13.2 Å². The van der Waals surface area contributed by atoms with Crippen molar-refractivity contribution in [2.45, 2.75) is 24.8 Å². The van der Waals surface area contributed by atoms with Gasteiger partial charge in [0.1, 0.15) is 10.7 Å². The summed E-state index contributed by atoms with van der Waals surface area (Å²) in [6.07, 6.45) is 1.50. The van der Waals surface area contributed by atoms with Gasteiger partial charge in [0.05, 0.1) is 5.92 Å². The largest absolute Gasteiger partial charge is 0.481 e. The normalized spacial score (nSPS) is 16.2. The number of aliphatic carboxylic acids is 1. The Labute approximate surface area is 117 Å². The number of aromatic nitrogens is 1. The molecular formula is C12H17N3O4S. The SMILES string of the molecule is CC(C)NS(=O)(=O)c1cccnc1N1CC(C(=O)O)C1. The van der Waals surface area contributed by atoms with Crippen molar-refractivity contribution < 1.29 is 18.3 Å². The maximum atomic E-state index is 12.2. The number of rotatable bonds is 5. The van der Waals surface area contributed by atoms with Crippen molar-refractivity contribution in [2.24, 2.45) is 5.92 Å². The monoisotopic (exact) mass is 299 g/mol. The number of carboxylic acid groups (broad SMARTS) is 1. The van der Waals surface area contributed by atoms with Gasteiger partial charge in [-0.2, -0.15) is 0 Å². The second kappa shape index (κ2) is 5.37. The van der Waals surface area contributed by atoms with Crippen LogP contribution >= 0.6 is 0 Å². The molecule has 0 unspecified atom stereocenters. The summed E-state index contributed by atoms with van der Waals surface area (Å²) >= 11 is 0. The number of carboxylic acids is 1. The van der Waals surface area contributed by atoms with Crippen LogP contribution in [-0.4, -0.2) is 43.6 Å². The second-order valence-electron chi connectivity index (χ2n) is 5.04. The van der Waals surface area contributed by atoms with Gasteiger partial charge >= 0.3 is 5.97 Å². The van der Waals surface area contributed by atoms with Crippen LogP contribution < -0.4 is 9.62 Å². The third-order valence-electron chi connectivity index (χ3n) is 2.96. The molecule has 1 aliphatic rings. The molecule has 0 spiro atoms. The van der Waals surface area contributed by atoms with Crippen LogP contribution in [0.1, 0.15) is 13.8 Å². The first-order chi connectivity index (χ1) is 9.31. The van der Waals surface area contributed by atoms with Gasteiger partial charge in [0, 0.05) is 25.3 Å². The number of sulfonamides is 1. The number of hydrogen-bond acceptors (Lipinski definition) is 5. The van der Waals surface area contributed by atoms with Gasteiger partial charge in [-0.1, -0.05) is 0 Å². The zero-order valence-corrected chi connectivity index (χ0v) is 12.1. The van der Waals surface area contributed by atoms with Gasteiger partial charge in [0.25, 0.3) is 0 Å². The maximum absolute atomic E-state index is 12.2. The van der Waals surface area contributed by atoms with Crippen LogP contribution in [-0.2, 0) is 14.8 Å². The van der Waals surface area contributed by atoms with Crippen LogP contribution in [0.2, 0.25) is 0 Å². The summed E-state index contributed by atoms with van der Waals surface area (Å²) in [7, 11) is -3.65. The van der Waals surface area contributed by atoms with E-state index in [0.29, 0.717) is 5.82 Å². The minimum Gasteiger partial charge on any atom is -0.481 e. The first-order valence-corrected chi connectivity index (χ1v) is 7.74. The van der Waals surface area contributed by atoms with Gasteiger partial charge < -0.3 is 10.0 Å². The Morgan fingerprint density at radius 3 is 2.70 bits per heavy atom. The van der Waals surface area contributed by atoms with E-state index in [2.05, 4.69) is 9.71 Å². The van der Waals surface area contributed by atoms with E-state index in [4.69, 9.17) is 5.11 Å². The van der Waals surface area contributed by atoms with Crippen molar-refractivity contribution in [3.8, 4) is 0 Å². The summed E-state index contributed by atoms with van der Waals surface area (Å²) < 4.78 is 27.0. The molecule has 1 aromatic heterocycles. The predicted molar refractivity (Wildman–Crippen MR) is 73.0 cm³/mol. The van der Waals surface area contributed by atoms with Crippen molar-refractivity contribution in [3.05, 3.63) is 18.3 Å². The summed E-state index contributed by atoms with van der Waals surface area (Å²) in [6, 6.07) is 2.80. The zero-order chi connectivity index (χ0) is 14.9. The quantitative estimate of drug-likeness (QED) is 0.810. The summed E-state index contributed by atoms with van der Waals surface area (Å²) in [5.74, 6) is -1.04. The van der Waals surface area contributed by atoms with E-state index in [1.807, 2.05) is 0 Å². The van der Waals surface area contributed by atoms with Gasteiger partial charge in [-0.25, -0.2) is 18.1 Å². The standard InChI is InChI=1S/C12H17N3O4S/c1-8(2)14-20(18,19)10-4-3-5-13-11(10)15-6-9(7-15)12(16)17/h3-5,8-9,14H,6-7H2,1-2H3,(H,16,17). The molecule has 2 N–H and O–H groups in total. The highest BCUT2D eigenvalue weighted by Gasteiger charge is 2.36. The molecule has 0 radical (unpaired) electrons. The first kappa shape index (κ1) is 14.7. The Bertz CT molecular complexity index is 609. The first-order valence-electron chi connectivity index (χ1n) is 6.26. The van der Waals surface area contributed by atoms with Crippen LogP contribution in [0.5, 0.6) is 0 Å². The van der Waals surface area contributed by atoms with Crippen LogP contribution in [0, 0.1) is 5.92 Å². The summed E-state index contributed by atoms with van der Waals surface area (Å²) in [6.45, 7) is 4.02. The minimum atomic E-state index is -3.65. The van der Waals surface area contributed by atoms with Crippen molar-refractivity contribution in [1.82, 2.24) is 9.71 Å². The summed E-state index contributed by atoms with van der Waals surface area (Å²) in [5, 5.41) is 8.87. The molecule has 1 saturated heterocycles. The van der Waals surface area contributed by atoms with Gasteiger partial charge in [0.15, 0.2) is 0 Å². The number of carbonyl (C=O) groups is 1. The Hall–Kier alpha value is -1.67. The van der Waals surface area contributed by atoms with E-state index in [0.717, 1.165) is 0 Å². The van der Waals surface area contributed by atoms with Crippen molar-refractivity contribution >= 4 is 21.8 Å². The third-order valence-corrected chi connectivity index (χ3v) is 4.64. The smallest absolute Gasteiger partial charge is 0.310 e. The lowest BCUT2D eigenvalue weighted by atomic mass is 10.0. The molecule has 0 saturated carbocycles. The van der Waals surface area contributed by atoms with Crippen LogP contribution in [0.25, 0.3) is 0 Å². The third kappa shape index (κ3) is 2.91. The number of nitrogens with zero attached hydrogens (tertiary/aromatic N) is 2. The van der Waals surface area contributed by atoms with E-state index in [-0.39, 0.29) is 24.0 Å². The zero-order valence-electron chi connectivity index (χ0n) is 11.3. The summed E-state index contributed by atoms with van der Waals surface area (Å²) in [5.41, 5.74) is 0. The molecule has 1 aromatic rings. The van der Waals surface area contributed by atoms with Crippen molar-refractivity contribution in [3.63, 3.8) is 0 Å². The van der Waals surface area contributed by atoms with Gasteiger partial charge in [-0.05, 0) is 26.0 Å². The second-order valence-corrected chi connectivity index (χ2v) is 6.72. The molecule has 1 fully saturated rings. The predicted octanol–water partition coefficient (Wildman–Crippen LogP) is 0.289. The molecular weight excluding hydrogens is 282 g/mol. The molecule has 1 aliphatic heterocycles. The molecule has 110 valence electrons. The molecule has 2 heterocycles. The molecule has 7 nitrogen and oxygen atoms in total. The lowest BCUT2D eigenvalue weighted by molar-refractivity contribution is -0.142. The van der Waals surface area contributed by atoms with Crippen molar-refractivity contribution in [1.29, 1.82) is 0 Å². The van der Waals surface area contributed by atoms with E-state index >= 15 is 0 Å². The molecule has 20 heavy (non-hydrogen) atoms. The van der Waals surface area contributed by atoms with E-state index in [1.54, 1.807) is 24.8 Å². The molecule has 0 bridgehead atoms. The molecule has 2 rings (SSSR count). The highest BCUT2D eigenvalue weighted by atomic mass is 32.2. The maximum Gasteiger partial charge on any atom is 0.310 e. The Morgan fingerprint density at radius 1 is 1.50 bits per heavy atom. The number of nitrogens with one attached hydrogen (secondary N) is 1. The van der Waals surface area contributed by atoms with Crippen LogP contribution in [0.3, 0.4) is 0 Å². The Kier molecular flexibility index (Phi) is 3.96. The topological polar surface area (TPSA) is 99.6 Å². The van der Waals surface area contributed by atoms with E-state index in [1.165, 1.54) is 12.3 Å². The molecule has 0 aliphatic carbocycles. The molecule has 8 heteroatoms. The van der Waals surface area contributed by atoms with Gasteiger partial charge in [-0.3, -0.25) is 4.79 Å². The van der Waals surface area contributed by atoms with Gasteiger partial charge in [0.2, 0.25) is 10.0 Å². The van der Waals surface area contributed by atoms with Crippen LogP contribution in [0.15, 0.2) is 23.2 Å². The van der Waals surface area contributed by atoms with E-state index < -0.39 is 21.9 Å². The average molecular weight is 299 g/mol. The summed E-state index contributed by atoms with van der Waals surface area (Å²) in [4.78, 5) is 16.6. The van der Waals surface area contributed by atoms with Gasteiger partial charge in [-0.15, -0.1) is 0 Å². The number of pyridine rings is 1. The molecule has 0 aromatic carbocycles. The fourth-order valence-electron chi connectivity index (χ4n) is 2.01. The lowest BCUT2D eigenvalue weighted by Crippen LogP contribution is -2.51. The molecule has 0 amide bonds. The average Bonchev–Trinajstić information content (AvgIpc) is 2.25. The lowest BCUT2D eigenvalue weighted by Gasteiger charge is -2.38. The fourth-order valence-corrected chi connectivity index (χ4v) is 3.44. The highest BCUT2D eigenvalue weighted by molar-refractivity contribution is 7.89. The minimum absolute atomic E-state index is 0.0811. The Morgan fingerprint density at radius 2 is 2.15 bits per heavy atom. The molecule has 0 atom stereocenters. The Balaban J connectivity index is 2.26. The fraction of sp³-hybridized carbons (Fsp3) is 0.500. The number of anilines is 1. The highest BCUT2D eigenvalue weighted by Crippen LogP contribution is 2.28. The van der Waals surface area contributed by atoms with Crippen molar-refractivity contribution in [2.75, 3.05) is 18.0 Å².